The molecule has 0 unspecified atom stereocenters. The van der Waals surface area contributed by atoms with E-state index in [-0.39, 0.29) is 0 Å². The predicted molar refractivity (Wildman–Crippen MR) is 73.1 cm³/mol. The summed E-state index contributed by atoms with van der Waals surface area (Å²) in [5, 5.41) is 13.8. The van der Waals surface area contributed by atoms with Gasteiger partial charge >= 0.3 is 0 Å². The van der Waals surface area contributed by atoms with Gasteiger partial charge in [0, 0.05) is 23.2 Å². The number of carbonyl (C=O) groups is 1. The number of oxime groups is 1. The van der Waals surface area contributed by atoms with Gasteiger partial charge in [0.1, 0.15) is 6.21 Å². The van der Waals surface area contributed by atoms with Gasteiger partial charge < -0.3 is 15.4 Å². The third-order valence-electron chi connectivity index (χ3n) is 2.98. The molecule has 2 N–H and O–H groups in total. The van der Waals surface area contributed by atoms with E-state index in [1.54, 1.807) is 0 Å². The van der Waals surface area contributed by atoms with E-state index >= 15 is 0 Å². The number of likely N-dealkylation sites (N-methyl/N-ethyl adjacent to an activating group) is 1. The van der Waals surface area contributed by atoms with E-state index in [9.17, 15) is 4.79 Å². The molecule has 0 aromatic heterocycles. The summed E-state index contributed by atoms with van der Waals surface area (Å²) >= 11 is 3.54. The van der Waals surface area contributed by atoms with Crippen molar-refractivity contribution in [2.75, 3.05) is 18.9 Å². The molecule has 1 aliphatic heterocycles. The third-order valence-corrected chi connectivity index (χ3v) is 3.72. The van der Waals surface area contributed by atoms with Gasteiger partial charge in [-0.1, -0.05) is 21.1 Å². The molecular formula is C12H14BrN3O2. The smallest absolute Gasteiger partial charge is 0.270 e. The third kappa shape index (κ3) is 2.70. The molecule has 1 aromatic rings. The van der Waals surface area contributed by atoms with E-state index in [0.29, 0.717) is 0 Å². The second kappa shape index (κ2) is 5.49. The highest BCUT2D eigenvalue weighted by Gasteiger charge is 2.19. The lowest BCUT2D eigenvalue weighted by molar-refractivity contribution is -0.110. The van der Waals surface area contributed by atoms with Gasteiger partial charge in [-0.15, -0.1) is 0 Å². The molecule has 6 heteroatoms. The lowest BCUT2D eigenvalue weighted by Gasteiger charge is -2.27. The number of amides is 1. The summed E-state index contributed by atoms with van der Waals surface area (Å²) in [5.41, 5.74) is 3.11. The Labute approximate surface area is 114 Å². The van der Waals surface area contributed by atoms with Crippen LogP contribution in [0, 0.1) is 0 Å². The van der Waals surface area contributed by atoms with Crippen molar-refractivity contribution in [1.29, 1.82) is 0 Å². The zero-order valence-corrected chi connectivity index (χ0v) is 11.6. The summed E-state index contributed by atoms with van der Waals surface area (Å²) in [6.07, 6.45) is 1.80. The summed E-state index contributed by atoms with van der Waals surface area (Å²) in [6, 6.07) is 3.78. The normalized spacial score (nSPS) is 15.7. The second-order valence-electron chi connectivity index (χ2n) is 4.27. The van der Waals surface area contributed by atoms with Crippen LogP contribution < -0.4 is 5.32 Å². The highest BCUT2D eigenvalue weighted by Crippen LogP contribution is 2.31. The van der Waals surface area contributed by atoms with Gasteiger partial charge in [-0.25, -0.2) is 0 Å². The first-order valence-corrected chi connectivity index (χ1v) is 6.38. The van der Waals surface area contributed by atoms with Gasteiger partial charge in [-0.3, -0.25) is 4.79 Å². The molecule has 0 saturated carbocycles. The van der Waals surface area contributed by atoms with Crippen LogP contribution in [0.3, 0.4) is 0 Å². The number of carbonyl (C=O) groups excluding carboxylic acids is 1. The van der Waals surface area contributed by atoms with Crippen molar-refractivity contribution >= 4 is 33.7 Å². The summed E-state index contributed by atoms with van der Waals surface area (Å²) in [6.45, 7) is 1.79. The molecule has 18 heavy (non-hydrogen) atoms. The Morgan fingerprint density at radius 3 is 3.06 bits per heavy atom. The number of fused-ring (bicyclic) bond motifs is 1. The molecule has 96 valence electrons. The summed E-state index contributed by atoms with van der Waals surface area (Å²) < 4.78 is 1.07. The fraction of sp³-hybridized carbons (Fsp3) is 0.333. The summed E-state index contributed by atoms with van der Waals surface area (Å²) in [7, 11) is 2.05. The molecule has 1 aliphatic rings. The fourth-order valence-corrected chi connectivity index (χ4v) is 2.67. The number of benzene rings is 1. The van der Waals surface area contributed by atoms with Crippen LogP contribution in [0.25, 0.3) is 0 Å². The Kier molecular flexibility index (Phi) is 3.98. The van der Waals surface area contributed by atoms with Gasteiger partial charge in [0.25, 0.3) is 5.91 Å². The van der Waals surface area contributed by atoms with Gasteiger partial charge in [0.15, 0.2) is 0 Å². The van der Waals surface area contributed by atoms with Crippen molar-refractivity contribution in [1.82, 2.24) is 4.90 Å². The van der Waals surface area contributed by atoms with Crippen molar-refractivity contribution in [3.05, 3.63) is 27.7 Å². The van der Waals surface area contributed by atoms with Crippen LogP contribution in [-0.2, 0) is 17.8 Å². The van der Waals surface area contributed by atoms with Crippen molar-refractivity contribution in [3.8, 4) is 0 Å². The van der Waals surface area contributed by atoms with E-state index in [1.165, 1.54) is 5.56 Å². The number of nitrogens with zero attached hydrogens (tertiary/aromatic N) is 2. The molecule has 0 spiro atoms. The molecule has 0 atom stereocenters. The van der Waals surface area contributed by atoms with Crippen molar-refractivity contribution < 1.29 is 10.0 Å². The molecule has 1 aromatic carbocycles. The quantitative estimate of drug-likeness (QED) is 0.497. The van der Waals surface area contributed by atoms with Gasteiger partial charge in [-0.05, 0) is 36.7 Å². The minimum atomic E-state index is -0.435. The van der Waals surface area contributed by atoms with Crippen LogP contribution in [0.1, 0.15) is 11.1 Å². The number of anilines is 1. The molecular weight excluding hydrogens is 298 g/mol. The van der Waals surface area contributed by atoms with Crippen LogP contribution in [0.2, 0.25) is 0 Å². The van der Waals surface area contributed by atoms with E-state index in [0.717, 1.165) is 41.4 Å². The van der Waals surface area contributed by atoms with Crippen molar-refractivity contribution in [2.24, 2.45) is 5.16 Å². The number of nitrogens with one attached hydrogen (secondary N) is 1. The highest BCUT2D eigenvalue weighted by molar-refractivity contribution is 9.10. The number of hydrogen-bond donors (Lipinski definition) is 2. The molecule has 0 bridgehead atoms. The largest absolute Gasteiger partial charge is 0.411 e. The lowest BCUT2D eigenvalue weighted by Crippen LogP contribution is -2.28. The van der Waals surface area contributed by atoms with E-state index in [4.69, 9.17) is 5.21 Å². The zero-order valence-electron chi connectivity index (χ0n) is 9.98. The summed E-state index contributed by atoms with van der Waals surface area (Å²) in [5.74, 6) is -0.435. The molecule has 0 radical (unpaired) electrons. The average Bonchev–Trinajstić information content (AvgIpc) is 2.33. The number of rotatable bonds is 2. The van der Waals surface area contributed by atoms with Crippen LogP contribution in [0.4, 0.5) is 5.69 Å². The Balaban J connectivity index is 2.34. The van der Waals surface area contributed by atoms with Gasteiger partial charge in [0.05, 0.1) is 0 Å². The molecule has 0 fully saturated rings. The van der Waals surface area contributed by atoms with Crippen LogP contribution in [-0.4, -0.2) is 35.8 Å². The van der Waals surface area contributed by atoms with Crippen LogP contribution in [0.5, 0.6) is 0 Å². The first-order chi connectivity index (χ1) is 8.61. The minimum Gasteiger partial charge on any atom is -0.411 e. The van der Waals surface area contributed by atoms with Gasteiger partial charge in [-0.2, -0.15) is 0 Å². The standard InChI is InChI=1S/C12H14BrN3O2/c1-16-5-4-8-9(7-16)11(3-2-10(8)13)15-12(17)6-14-18/h2-3,6,18H,4-5,7H2,1H3,(H,15,17)/b14-6-. The Morgan fingerprint density at radius 1 is 1.56 bits per heavy atom. The van der Waals surface area contributed by atoms with Crippen LogP contribution in [0.15, 0.2) is 21.8 Å². The molecule has 1 amide bonds. The lowest BCUT2D eigenvalue weighted by atomic mass is 9.98. The van der Waals surface area contributed by atoms with Crippen molar-refractivity contribution in [2.45, 2.75) is 13.0 Å². The maximum Gasteiger partial charge on any atom is 0.270 e. The first-order valence-electron chi connectivity index (χ1n) is 5.59. The Morgan fingerprint density at radius 2 is 2.33 bits per heavy atom. The molecule has 0 saturated heterocycles. The molecule has 1 heterocycles. The SMILES string of the molecule is CN1CCc2c(Br)ccc(NC(=O)/C=N\O)c2C1. The Bertz CT molecular complexity index is 502. The van der Waals surface area contributed by atoms with Crippen molar-refractivity contribution in [3.63, 3.8) is 0 Å². The fourth-order valence-electron chi connectivity index (χ4n) is 2.10. The second-order valence-corrected chi connectivity index (χ2v) is 5.13. The zero-order chi connectivity index (χ0) is 13.1. The topological polar surface area (TPSA) is 64.9 Å². The van der Waals surface area contributed by atoms with Crippen LogP contribution >= 0.6 is 15.9 Å². The van der Waals surface area contributed by atoms with E-state index in [1.807, 2.05) is 19.2 Å². The van der Waals surface area contributed by atoms with E-state index < -0.39 is 5.91 Å². The predicted octanol–water partition coefficient (Wildman–Crippen LogP) is 1.84. The van der Waals surface area contributed by atoms with E-state index in [2.05, 4.69) is 31.3 Å². The maximum atomic E-state index is 11.4. The number of hydrogen-bond acceptors (Lipinski definition) is 4. The number of halogens is 1. The highest BCUT2D eigenvalue weighted by atomic mass is 79.9. The first kappa shape index (κ1) is 13.0. The monoisotopic (exact) mass is 311 g/mol. The maximum absolute atomic E-state index is 11.4. The minimum absolute atomic E-state index is 0.435. The molecule has 5 nitrogen and oxygen atoms in total. The summed E-state index contributed by atoms with van der Waals surface area (Å²) in [4.78, 5) is 13.6. The Hall–Kier alpha value is -1.40. The average molecular weight is 312 g/mol. The van der Waals surface area contributed by atoms with Gasteiger partial charge in [0.2, 0.25) is 0 Å². The molecule has 2 rings (SSSR count). The molecule has 0 aliphatic carbocycles.